The summed E-state index contributed by atoms with van der Waals surface area (Å²) in [4.78, 5) is 18.4. The fraction of sp³-hybridized carbons (Fsp3) is 0.429. The van der Waals surface area contributed by atoms with Gasteiger partial charge in [0.2, 0.25) is 0 Å². The molecule has 0 saturated carbocycles. The van der Waals surface area contributed by atoms with Gasteiger partial charge in [-0.1, -0.05) is 41.1 Å². The summed E-state index contributed by atoms with van der Waals surface area (Å²) in [5.41, 5.74) is 1.96. The Bertz CT molecular complexity index is 1040. The van der Waals surface area contributed by atoms with Crippen molar-refractivity contribution in [2.24, 2.45) is 5.16 Å². The van der Waals surface area contributed by atoms with E-state index in [2.05, 4.69) is 10.5 Å². The van der Waals surface area contributed by atoms with Crippen molar-refractivity contribution in [1.29, 1.82) is 0 Å². The zero-order chi connectivity index (χ0) is 21.4. The van der Waals surface area contributed by atoms with Gasteiger partial charge >= 0.3 is 0 Å². The van der Waals surface area contributed by atoms with Gasteiger partial charge in [0, 0.05) is 32.4 Å². The van der Waals surface area contributed by atoms with Crippen LogP contribution in [0.1, 0.15) is 43.4 Å². The van der Waals surface area contributed by atoms with Gasteiger partial charge in [0.1, 0.15) is 15.5 Å². The summed E-state index contributed by atoms with van der Waals surface area (Å²) in [6.07, 6.45) is 1.41. The minimum atomic E-state index is -3.46. The lowest BCUT2D eigenvalue weighted by Crippen LogP contribution is -2.47. The first kappa shape index (κ1) is 21.0. The Morgan fingerprint density at radius 3 is 2.57 bits per heavy atom. The Hall–Kier alpha value is -2.23. The van der Waals surface area contributed by atoms with Crippen LogP contribution in [0.2, 0.25) is 0 Å². The summed E-state index contributed by atoms with van der Waals surface area (Å²) in [6.45, 7) is 4.66. The van der Waals surface area contributed by atoms with Crippen molar-refractivity contribution >= 4 is 33.0 Å². The lowest BCUT2D eigenvalue weighted by molar-refractivity contribution is -0.115. The second-order valence-corrected chi connectivity index (χ2v) is 11.0. The average Bonchev–Trinajstić information content (AvgIpc) is 3.40. The molecule has 1 aromatic heterocycles. The van der Waals surface area contributed by atoms with Crippen LogP contribution in [0.3, 0.4) is 0 Å². The summed E-state index contributed by atoms with van der Waals surface area (Å²) < 4.78 is 27.3. The first-order valence-corrected chi connectivity index (χ1v) is 12.3. The molecule has 1 N–H and O–H groups in total. The number of benzene rings is 1. The molecule has 2 aromatic rings. The number of nitrogens with one attached hydrogen (secondary N) is 1. The number of nitrogens with zero attached hydrogens (tertiary/aromatic N) is 2. The van der Waals surface area contributed by atoms with Crippen LogP contribution in [-0.2, 0) is 19.7 Å². The second-order valence-electron chi connectivity index (χ2n) is 7.93. The van der Waals surface area contributed by atoms with Crippen molar-refractivity contribution < 1.29 is 18.0 Å². The lowest BCUT2D eigenvalue weighted by Gasteiger charge is -2.36. The van der Waals surface area contributed by atoms with Gasteiger partial charge in [-0.25, -0.2) is 8.42 Å². The number of amides is 1. The van der Waals surface area contributed by atoms with Crippen molar-refractivity contribution in [3.63, 3.8) is 0 Å². The van der Waals surface area contributed by atoms with Crippen molar-refractivity contribution in [1.82, 2.24) is 9.62 Å². The Kier molecular flexibility index (Phi) is 5.69. The Balaban J connectivity index is 1.34. The molecular formula is C21H25N3O4S2. The average molecular weight is 448 g/mol. The zero-order valence-electron chi connectivity index (χ0n) is 17.0. The van der Waals surface area contributed by atoms with Gasteiger partial charge < -0.3 is 10.2 Å². The molecule has 7 nitrogen and oxygen atoms in total. The van der Waals surface area contributed by atoms with Crippen LogP contribution in [0.25, 0.3) is 0 Å². The van der Waals surface area contributed by atoms with Crippen LogP contribution in [0.4, 0.5) is 0 Å². The maximum Gasteiger partial charge on any atom is 0.269 e. The van der Waals surface area contributed by atoms with Gasteiger partial charge in [0.15, 0.2) is 0 Å². The molecule has 4 rings (SSSR count). The van der Waals surface area contributed by atoms with Crippen LogP contribution in [0, 0.1) is 6.92 Å². The van der Waals surface area contributed by atoms with Gasteiger partial charge in [0.25, 0.3) is 15.9 Å². The SMILES string of the molecule is Cc1ccc(C(C)NC(=O)C2=NOC3(CCN(S(=O)(=O)c4cccs4)CC3)C2)cc1. The fourth-order valence-electron chi connectivity index (χ4n) is 3.80. The molecule has 3 heterocycles. The normalized spacial score (nSPS) is 19.9. The molecule has 1 amide bonds. The number of hydrogen-bond acceptors (Lipinski definition) is 6. The van der Waals surface area contributed by atoms with E-state index in [0.717, 1.165) is 5.56 Å². The zero-order valence-corrected chi connectivity index (χ0v) is 18.6. The third-order valence-corrected chi connectivity index (χ3v) is 9.02. The molecule has 1 saturated heterocycles. The van der Waals surface area contributed by atoms with Gasteiger partial charge in [-0.2, -0.15) is 4.31 Å². The minimum absolute atomic E-state index is 0.143. The van der Waals surface area contributed by atoms with Crippen molar-refractivity contribution in [2.75, 3.05) is 13.1 Å². The number of thiophene rings is 1. The van der Waals surface area contributed by atoms with E-state index in [0.29, 0.717) is 42.3 Å². The van der Waals surface area contributed by atoms with E-state index in [4.69, 9.17) is 4.84 Å². The molecule has 2 aliphatic heterocycles. The molecule has 1 unspecified atom stereocenters. The molecule has 0 aliphatic carbocycles. The molecule has 1 atom stereocenters. The van der Waals surface area contributed by atoms with Gasteiger partial charge in [-0.05, 0) is 30.9 Å². The van der Waals surface area contributed by atoms with Gasteiger partial charge in [-0.3, -0.25) is 4.79 Å². The number of aryl methyl sites for hydroxylation is 1. The summed E-state index contributed by atoms with van der Waals surface area (Å²) in [6, 6.07) is 11.2. The predicted octanol–water partition coefficient (Wildman–Crippen LogP) is 3.23. The van der Waals surface area contributed by atoms with E-state index in [-0.39, 0.29) is 11.9 Å². The first-order chi connectivity index (χ1) is 14.3. The maximum absolute atomic E-state index is 12.7. The van der Waals surface area contributed by atoms with Crippen LogP contribution < -0.4 is 5.32 Å². The molecule has 0 radical (unpaired) electrons. The van der Waals surface area contributed by atoms with Crippen LogP contribution in [-0.4, -0.2) is 43.0 Å². The number of hydrogen-bond donors (Lipinski definition) is 1. The summed E-state index contributed by atoms with van der Waals surface area (Å²) in [5, 5.41) is 8.78. The van der Waals surface area contributed by atoms with Crippen LogP contribution >= 0.6 is 11.3 Å². The Morgan fingerprint density at radius 2 is 1.93 bits per heavy atom. The molecule has 2 aliphatic rings. The molecule has 160 valence electrons. The van der Waals surface area contributed by atoms with Gasteiger partial charge in [-0.15, -0.1) is 11.3 Å². The topological polar surface area (TPSA) is 88.1 Å². The van der Waals surface area contributed by atoms with Crippen LogP contribution in [0.15, 0.2) is 51.1 Å². The second kappa shape index (κ2) is 8.13. The van der Waals surface area contributed by atoms with E-state index in [1.165, 1.54) is 21.2 Å². The van der Waals surface area contributed by atoms with Crippen LogP contribution in [0.5, 0.6) is 0 Å². The molecular weight excluding hydrogens is 422 g/mol. The largest absolute Gasteiger partial charge is 0.388 e. The summed E-state index contributed by atoms with van der Waals surface area (Å²) in [7, 11) is -3.46. The lowest BCUT2D eigenvalue weighted by atomic mass is 9.87. The monoisotopic (exact) mass is 447 g/mol. The van der Waals surface area contributed by atoms with Gasteiger partial charge in [0.05, 0.1) is 6.04 Å². The smallest absolute Gasteiger partial charge is 0.269 e. The van der Waals surface area contributed by atoms with E-state index in [1.807, 2.05) is 38.1 Å². The van der Waals surface area contributed by atoms with E-state index in [1.54, 1.807) is 17.5 Å². The molecule has 1 aromatic carbocycles. The highest BCUT2D eigenvalue weighted by Crippen LogP contribution is 2.36. The molecule has 1 fully saturated rings. The number of oxime groups is 1. The molecule has 30 heavy (non-hydrogen) atoms. The van der Waals surface area contributed by atoms with E-state index in [9.17, 15) is 13.2 Å². The number of carbonyl (C=O) groups excluding carboxylic acids is 1. The highest BCUT2D eigenvalue weighted by molar-refractivity contribution is 7.91. The first-order valence-electron chi connectivity index (χ1n) is 9.95. The Labute approximate surface area is 180 Å². The van der Waals surface area contributed by atoms with E-state index < -0.39 is 15.6 Å². The highest BCUT2D eigenvalue weighted by atomic mass is 32.2. The van der Waals surface area contributed by atoms with Crippen molar-refractivity contribution in [3.8, 4) is 0 Å². The summed E-state index contributed by atoms with van der Waals surface area (Å²) >= 11 is 1.22. The Morgan fingerprint density at radius 1 is 1.23 bits per heavy atom. The molecule has 1 spiro atoms. The standard InChI is InChI=1S/C21H25N3O4S2/c1-15-5-7-17(8-6-15)16(2)22-20(25)18-14-21(28-23-18)9-11-24(12-10-21)30(26,27)19-4-3-13-29-19/h3-8,13,16H,9-12,14H2,1-2H3,(H,22,25). The molecule has 9 heteroatoms. The number of rotatable bonds is 5. The minimum Gasteiger partial charge on any atom is -0.388 e. The number of carbonyl (C=O) groups is 1. The number of piperidine rings is 1. The molecule has 0 bridgehead atoms. The maximum atomic E-state index is 12.7. The highest BCUT2D eigenvalue weighted by Gasteiger charge is 2.46. The number of sulfonamides is 1. The predicted molar refractivity (Wildman–Crippen MR) is 116 cm³/mol. The third-order valence-electron chi connectivity index (χ3n) is 5.75. The van der Waals surface area contributed by atoms with E-state index >= 15 is 0 Å². The third kappa shape index (κ3) is 4.14. The van der Waals surface area contributed by atoms with Crippen molar-refractivity contribution in [3.05, 3.63) is 52.9 Å². The quantitative estimate of drug-likeness (QED) is 0.762. The fourth-order valence-corrected chi connectivity index (χ4v) is 6.39. The summed E-state index contributed by atoms with van der Waals surface area (Å²) in [5.74, 6) is -0.242. The van der Waals surface area contributed by atoms with Crippen molar-refractivity contribution in [2.45, 2.75) is 49.0 Å².